The van der Waals surface area contributed by atoms with Gasteiger partial charge in [0, 0.05) is 38.4 Å². The average Bonchev–Trinajstić information content (AvgIpc) is 3.22. The molecule has 2 aromatic heterocycles. The monoisotopic (exact) mass is 328 g/mol. The molecule has 3 rings (SSSR count). The predicted octanol–water partition coefficient (Wildman–Crippen LogP) is -0.127. The molecule has 8 heteroatoms. The van der Waals surface area contributed by atoms with Crippen molar-refractivity contribution in [2.45, 2.75) is 5.92 Å². The summed E-state index contributed by atoms with van der Waals surface area (Å²) in [6, 6.07) is 3.48. The number of amides is 2. The van der Waals surface area contributed by atoms with Crippen molar-refractivity contribution in [2.75, 3.05) is 25.0 Å². The Kier molecular flexibility index (Phi) is 4.85. The van der Waals surface area contributed by atoms with Crippen LogP contribution in [0, 0.1) is 5.92 Å². The summed E-state index contributed by atoms with van der Waals surface area (Å²) in [7, 11) is 1.85. The van der Waals surface area contributed by atoms with E-state index in [9.17, 15) is 9.59 Å². The number of carbonyl (C=O) groups excluding carboxylic acids is 2. The quantitative estimate of drug-likeness (QED) is 0.710. The molecule has 1 fully saturated rings. The highest BCUT2D eigenvalue weighted by molar-refractivity contribution is 5.94. The van der Waals surface area contributed by atoms with Crippen molar-refractivity contribution in [3.05, 3.63) is 42.5 Å². The zero-order valence-corrected chi connectivity index (χ0v) is 13.4. The smallest absolute Gasteiger partial charge is 0.243 e. The summed E-state index contributed by atoms with van der Waals surface area (Å²) < 4.78 is 1.73. The van der Waals surface area contributed by atoms with Gasteiger partial charge in [0.25, 0.3) is 0 Å². The lowest BCUT2D eigenvalue weighted by atomic mass is 9.90. The molecule has 126 valence electrons. The van der Waals surface area contributed by atoms with Crippen LogP contribution in [0.5, 0.6) is 0 Å². The van der Waals surface area contributed by atoms with Crippen LogP contribution in [-0.2, 0) is 16.6 Å². The highest BCUT2D eigenvalue weighted by Gasteiger charge is 2.34. The zero-order chi connectivity index (χ0) is 16.9. The van der Waals surface area contributed by atoms with Crippen LogP contribution in [-0.4, -0.2) is 46.2 Å². The lowest BCUT2D eigenvalue weighted by Crippen LogP contribution is -2.39. The topological polar surface area (TPSA) is 101 Å². The Labute approximate surface area is 139 Å². The lowest BCUT2D eigenvalue weighted by Gasteiger charge is -2.16. The van der Waals surface area contributed by atoms with E-state index >= 15 is 0 Å². The number of pyridine rings is 1. The van der Waals surface area contributed by atoms with Gasteiger partial charge in [-0.2, -0.15) is 5.10 Å². The first-order valence-electron chi connectivity index (χ1n) is 7.80. The molecule has 8 nitrogen and oxygen atoms in total. The van der Waals surface area contributed by atoms with Crippen molar-refractivity contribution >= 4 is 17.5 Å². The maximum Gasteiger partial charge on any atom is 0.243 e. The van der Waals surface area contributed by atoms with E-state index in [1.807, 2.05) is 13.2 Å². The molecule has 3 N–H and O–H groups in total. The van der Waals surface area contributed by atoms with Crippen LogP contribution >= 0.6 is 0 Å². The number of hydrogen-bond acceptors (Lipinski definition) is 5. The second kappa shape index (κ2) is 7.22. The van der Waals surface area contributed by atoms with Gasteiger partial charge in [0.2, 0.25) is 11.8 Å². The minimum atomic E-state index is -0.278. The number of nitrogens with zero attached hydrogens (tertiary/aromatic N) is 3. The predicted molar refractivity (Wildman–Crippen MR) is 88.2 cm³/mol. The number of aryl methyl sites for hydroxylation is 1. The van der Waals surface area contributed by atoms with Crippen molar-refractivity contribution < 1.29 is 9.59 Å². The van der Waals surface area contributed by atoms with E-state index in [2.05, 4.69) is 26.0 Å². The fourth-order valence-electron chi connectivity index (χ4n) is 2.88. The molecule has 0 radical (unpaired) electrons. The Morgan fingerprint density at radius 1 is 1.38 bits per heavy atom. The minimum Gasteiger partial charge on any atom is -0.347 e. The second-order valence-corrected chi connectivity index (χ2v) is 5.83. The largest absolute Gasteiger partial charge is 0.347 e. The van der Waals surface area contributed by atoms with Gasteiger partial charge in [-0.25, -0.2) is 0 Å². The molecule has 0 spiro atoms. The van der Waals surface area contributed by atoms with Crippen LogP contribution in [0.25, 0.3) is 0 Å². The molecule has 2 amide bonds. The second-order valence-electron chi connectivity index (χ2n) is 5.83. The van der Waals surface area contributed by atoms with Gasteiger partial charge in [-0.3, -0.25) is 19.3 Å². The van der Waals surface area contributed by atoms with Crippen LogP contribution < -0.4 is 16.0 Å². The first-order valence-corrected chi connectivity index (χ1v) is 7.80. The highest BCUT2D eigenvalue weighted by Crippen LogP contribution is 2.27. The summed E-state index contributed by atoms with van der Waals surface area (Å²) in [5.74, 6) is -0.545. The Morgan fingerprint density at radius 3 is 2.96 bits per heavy atom. The van der Waals surface area contributed by atoms with Crippen molar-refractivity contribution in [1.82, 2.24) is 25.4 Å². The van der Waals surface area contributed by atoms with Gasteiger partial charge in [0.15, 0.2) is 0 Å². The number of nitrogens with one attached hydrogen (secondary N) is 3. The molecule has 0 unspecified atom stereocenters. The molecule has 3 heterocycles. The van der Waals surface area contributed by atoms with E-state index in [1.165, 1.54) is 0 Å². The number of aromatic nitrogens is 3. The molecule has 1 aliphatic heterocycles. The van der Waals surface area contributed by atoms with Gasteiger partial charge in [-0.05, 0) is 17.7 Å². The van der Waals surface area contributed by atoms with E-state index in [1.54, 1.807) is 35.4 Å². The van der Waals surface area contributed by atoms with Gasteiger partial charge in [0.05, 0.1) is 30.5 Å². The first-order chi connectivity index (χ1) is 11.6. The number of anilines is 1. The van der Waals surface area contributed by atoms with Gasteiger partial charge >= 0.3 is 0 Å². The van der Waals surface area contributed by atoms with Crippen molar-refractivity contribution in [3.63, 3.8) is 0 Å². The molecule has 2 aromatic rings. The van der Waals surface area contributed by atoms with E-state index in [-0.39, 0.29) is 30.2 Å². The summed E-state index contributed by atoms with van der Waals surface area (Å²) in [5, 5.41) is 12.8. The summed E-state index contributed by atoms with van der Waals surface area (Å²) >= 11 is 0. The standard InChI is InChI=1S/C16H20N6O2/c1-22-10-11(5-20-22)13-7-18-8-14(13)16(24)19-9-15(23)21-12-3-2-4-17-6-12/h2-6,10,13-14,18H,7-9H2,1H3,(H,19,24)(H,21,23)/t13-,14+/m1/s1. The third kappa shape index (κ3) is 3.77. The van der Waals surface area contributed by atoms with Gasteiger partial charge < -0.3 is 16.0 Å². The van der Waals surface area contributed by atoms with E-state index < -0.39 is 0 Å². The van der Waals surface area contributed by atoms with Crippen LogP contribution in [0.3, 0.4) is 0 Å². The average molecular weight is 328 g/mol. The summed E-state index contributed by atoms with van der Waals surface area (Å²) in [5.41, 5.74) is 1.63. The zero-order valence-electron chi connectivity index (χ0n) is 13.4. The van der Waals surface area contributed by atoms with Crippen molar-refractivity contribution in [1.29, 1.82) is 0 Å². The van der Waals surface area contributed by atoms with E-state index in [0.29, 0.717) is 12.2 Å². The Morgan fingerprint density at radius 2 is 2.25 bits per heavy atom. The Balaban J connectivity index is 1.53. The van der Waals surface area contributed by atoms with Crippen LogP contribution in [0.1, 0.15) is 11.5 Å². The summed E-state index contributed by atoms with van der Waals surface area (Å²) in [6.45, 7) is 1.26. The SMILES string of the molecule is Cn1cc([C@H]2CNC[C@@H]2C(=O)NCC(=O)Nc2cccnc2)cn1. The molecule has 0 aromatic carbocycles. The maximum atomic E-state index is 12.4. The van der Waals surface area contributed by atoms with Crippen molar-refractivity contribution in [2.24, 2.45) is 13.0 Å². The van der Waals surface area contributed by atoms with Gasteiger partial charge in [-0.1, -0.05) is 0 Å². The third-order valence-electron chi connectivity index (χ3n) is 4.07. The molecule has 0 aliphatic carbocycles. The highest BCUT2D eigenvalue weighted by atomic mass is 16.2. The lowest BCUT2D eigenvalue weighted by molar-refractivity contribution is -0.127. The first kappa shape index (κ1) is 16.1. The molecule has 24 heavy (non-hydrogen) atoms. The fraction of sp³-hybridized carbons (Fsp3) is 0.375. The van der Waals surface area contributed by atoms with Crippen LogP contribution in [0.4, 0.5) is 5.69 Å². The van der Waals surface area contributed by atoms with Crippen LogP contribution in [0.15, 0.2) is 36.9 Å². The van der Waals surface area contributed by atoms with Crippen molar-refractivity contribution in [3.8, 4) is 0 Å². The summed E-state index contributed by atoms with van der Waals surface area (Å²) in [6.07, 6.45) is 6.89. The maximum absolute atomic E-state index is 12.4. The molecule has 0 saturated carbocycles. The van der Waals surface area contributed by atoms with E-state index in [0.717, 1.165) is 12.1 Å². The normalized spacial score (nSPS) is 19.9. The number of carbonyl (C=O) groups is 2. The fourth-order valence-corrected chi connectivity index (χ4v) is 2.88. The van der Waals surface area contributed by atoms with E-state index in [4.69, 9.17) is 0 Å². The third-order valence-corrected chi connectivity index (χ3v) is 4.07. The molecule has 1 aliphatic rings. The van der Waals surface area contributed by atoms with Crippen LogP contribution in [0.2, 0.25) is 0 Å². The Bertz CT molecular complexity index is 714. The minimum absolute atomic E-state index is 0.0655. The molecular formula is C16H20N6O2. The summed E-state index contributed by atoms with van der Waals surface area (Å²) in [4.78, 5) is 28.2. The molecule has 1 saturated heterocycles. The molecule has 0 bridgehead atoms. The van der Waals surface area contributed by atoms with Gasteiger partial charge in [-0.15, -0.1) is 0 Å². The number of hydrogen-bond donors (Lipinski definition) is 3. The Hall–Kier alpha value is -2.74. The molecule has 2 atom stereocenters. The van der Waals surface area contributed by atoms with Gasteiger partial charge in [0.1, 0.15) is 0 Å². The molecular weight excluding hydrogens is 308 g/mol. The number of rotatable bonds is 5.